The van der Waals surface area contributed by atoms with Crippen molar-refractivity contribution in [3.8, 4) is 11.5 Å². The van der Waals surface area contributed by atoms with E-state index in [1.807, 2.05) is 0 Å². The van der Waals surface area contributed by atoms with E-state index in [9.17, 15) is 19.7 Å². The van der Waals surface area contributed by atoms with Crippen molar-refractivity contribution >= 4 is 22.6 Å². The highest BCUT2D eigenvalue weighted by Crippen LogP contribution is 2.22. The zero-order chi connectivity index (χ0) is 24.9. The summed E-state index contributed by atoms with van der Waals surface area (Å²) in [6, 6.07) is 11.0. The van der Waals surface area contributed by atoms with Crippen LogP contribution in [0.5, 0.6) is 11.5 Å². The van der Waals surface area contributed by atoms with Gasteiger partial charge in [0.25, 0.3) is 17.2 Å². The van der Waals surface area contributed by atoms with Gasteiger partial charge in [0.1, 0.15) is 23.2 Å². The lowest BCUT2D eigenvalue weighted by molar-refractivity contribution is -0.384. The smallest absolute Gasteiger partial charge is 0.269 e. The Bertz CT molecular complexity index is 1440. The average molecular weight is 478 g/mol. The van der Waals surface area contributed by atoms with E-state index in [0.29, 0.717) is 33.7 Å². The van der Waals surface area contributed by atoms with E-state index in [0.717, 1.165) is 0 Å². The summed E-state index contributed by atoms with van der Waals surface area (Å²) in [6.45, 7) is 0.667. The van der Waals surface area contributed by atoms with Crippen LogP contribution in [-0.2, 0) is 13.1 Å². The predicted molar refractivity (Wildman–Crippen MR) is 126 cm³/mol. The third-order valence-electron chi connectivity index (χ3n) is 5.32. The molecule has 0 atom stereocenters. The van der Waals surface area contributed by atoms with Crippen LogP contribution in [0.4, 0.5) is 5.69 Å². The van der Waals surface area contributed by atoms with E-state index in [-0.39, 0.29) is 36.8 Å². The maximum atomic E-state index is 12.9. The summed E-state index contributed by atoms with van der Waals surface area (Å²) in [4.78, 5) is 40.3. The van der Waals surface area contributed by atoms with Crippen LogP contribution in [0.3, 0.4) is 0 Å². The molecule has 12 heteroatoms. The van der Waals surface area contributed by atoms with Crippen molar-refractivity contribution < 1.29 is 19.2 Å². The maximum absolute atomic E-state index is 12.9. The van der Waals surface area contributed by atoms with Gasteiger partial charge in [-0.1, -0.05) is 12.1 Å². The molecule has 4 rings (SSSR count). The van der Waals surface area contributed by atoms with Crippen LogP contribution >= 0.6 is 0 Å². The number of hydrogen-bond acceptors (Lipinski definition) is 8. The second-order valence-electron chi connectivity index (χ2n) is 7.57. The van der Waals surface area contributed by atoms with E-state index in [2.05, 4.69) is 15.4 Å². The second-order valence-corrected chi connectivity index (χ2v) is 7.57. The molecule has 180 valence electrons. The topological polar surface area (TPSA) is 143 Å². The van der Waals surface area contributed by atoms with Gasteiger partial charge in [0, 0.05) is 30.3 Å². The lowest BCUT2D eigenvalue weighted by Crippen LogP contribution is -2.28. The molecule has 0 radical (unpaired) electrons. The number of nitro groups is 1. The Labute approximate surface area is 198 Å². The fourth-order valence-electron chi connectivity index (χ4n) is 3.55. The zero-order valence-electron chi connectivity index (χ0n) is 19.0. The van der Waals surface area contributed by atoms with Crippen LogP contribution in [0.2, 0.25) is 0 Å². The summed E-state index contributed by atoms with van der Waals surface area (Å²) in [5.41, 5.74) is 0.995. The van der Waals surface area contributed by atoms with Crippen LogP contribution in [0, 0.1) is 10.1 Å². The molecular weight excluding hydrogens is 456 g/mol. The SMILES string of the molecule is COc1cc(OC)cc(C(=O)NCCn2ncc3c(=O)n(Cc4cccc([N+](=O)[O-])c4)cnc32)c1. The fourth-order valence-corrected chi connectivity index (χ4v) is 3.55. The Hall–Kier alpha value is -4.74. The van der Waals surface area contributed by atoms with E-state index in [1.165, 1.54) is 48.1 Å². The summed E-state index contributed by atoms with van der Waals surface area (Å²) in [7, 11) is 3.01. The molecule has 0 saturated carbocycles. The molecule has 0 aliphatic carbocycles. The first-order valence-electron chi connectivity index (χ1n) is 10.5. The number of benzene rings is 2. The Morgan fingerprint density at radius 1 is 1.14 bits per heavy atom. The van der Waals surface area contributed by atoms with Crippen molar-refractivity contribution in [3.63, 3.8) is 0 Å². The number of fused-ring (bicyclic) bond motifs is 1. The highest BCUT2D eigenvalue weighted by atomic mass is 16.6. The molecular formula is C23H22N6O6. The van der Waals surface area contributed by atoms with Crippen LogP contribution in [-0.4, -0.2) is 50.9 Å². The standard InChI is InChI=1S/C23H22N6O6/c1-34-18-9-16(10-19(11-18)35-2)22(30)24-6-7-28-21-20(12-26-28)23(31)27(14-25-21)13-15-4-3-5-17(8-15)29(32)33/h3-5,8-12,14H,6-7,13H2,1-2H3,(H,24,30). The van der Waals surface area contributed by atoms with Gasteiger partial charge >= 0.3 is 0 Å². The lowest BCUT2D eigenvalue weighted by atomic mass is 10.2. The van der Waals surface area contributed by atoms with E-state index >= 15 is 0 Å². The number of nitro benzene ring substituents is 1. The summed E-state index contributed by atoms with van der Waals surface area (Å²) in [5, 5.41) is 18.3. The molecule has 0 bridgehead atoms. The fraction of sp³-hybridized carbons (Fsp3) is 0.217. The van der Waals surface area contributed by atoms with E-state index in [4.69, 9.17) is 9.47 Å². The number of nitrogens with zero attached hydrogens (tertiary/aromatic N) is 5. The van der Waals surface area contributed by atoms with Gasteiger partial charge in [0.15, 0.2) is 5.65 Å². The van der Waals surface area contributed by atoms with Crippen LogP contribution in [0.1, 0.15) is 15.9 Å². The third kappa shape index (κ3) is 5.11. The number of carbonyl (C=O) groups is 1. The molecule has 4 aromatic rings. The predicted octanol–water partition coefficient (Wildman–Crippen LogP) is 2.00. The first-order valence-corrected chi connectivity index (χ1v) is 10.5. The van der Waals surface area contributed by atoms with Gasteiger partial charge in [0.05, 0.1) is 38.4 Å². The van der Waals surface area contributed by atoms with Crippen LogP contribution in [0.15, 0.2) is 59.8 Å². The molecule has 0 saturated heterocycles. The van der Waals surface area contributed by atoms with Crippen molar-refractivity contribution in [2.24, 2.45) is 0 Å². The molecule has 0 fully saturated rings. The summed E-state index contributed by atoms with van der Waals surface area (Å²) < 4.78 is 13.3. The molecule has 0 aliphatic rings. The monoisotopic (exact) mass is 478 g/mol. The number of amides is 1. The molecule has 2 aromatic heterocycles. The van der Waals surface area contributed by atoms with Crippen molar-refractivity contribution in [1.82, 2.24) is 24.6 Å². The first-order chi connectivity index (χ1) is 16.9. The molecule has 2 heterocycles. The maximum Gasteiger partial charge on any atom is 0.269 e. The Kier molecular flexibility index (Phi) is 6.71. The van der Waals surface area contributed by atoms with E-state index < -0.39 is 4.92 Å². The molecule has 1 amide bonds. The molecule has 12 nitrogen and oxygen atoms in total. The normalized spacial score (nSPS) is 10.8. The van der Waals surface area contributed by atoms with Gasteiger partial charge in [-0.25, -0.2) is 9.67 Å². The minimum absolute atomic E-state index is 0.0492. The number of aromatic nitrogens is 4. The van der Waals surface area contributed by atoms with Crippen molar-refractivity contribution in [2.45, 2.75) is 13.1 Å². The largest absolute Gasteiger partial charge is 0.497 e. The number of non-ortho nitro benzene ring substituents is 1. The van der Waals surface area contributed by atoms with Gasteiger partial charge in [0.2, 0.25) is 0 Å². The molecule has 0 aliphatic heterocycles. The summed E-state index contributed by atoms with van der Waals surface area (Å²) in [5.74, 6) is 0.683. The van der Waals surface area contributed by atoms with Gasteiger partial charge in [-0.3, -0.25) is 24.3 Å². The second kappa shape index (κ2) is 10.0. The van der Waals surface area contributed by atoms with Crippen molar-refractivity contribution in [2.75, 3.05) is 20.8 Å². The minimum atomic E-state index is -0.485. The average Bonchev–Trinajstić information content (AvgIpc) is 3.29. The Morgan fingerprint density at radius 3 is 2.57 bits per heavy atom. The van der Waals surface area contributed by atoms with Crippen molar-refractivity contribution in [3.05, 3.63) is 86.6 Å². The van der Waals surface area contributed by atoms with Crippen LogP contribution in [0.25, 0.3) is 11.0 Å². The summed E-state index contributed by atoms with van der Waals surface area (Å²) >= 11 is 0. The first kappa shape index (κ1) is 23.4. The zero-order valence-corrected chi connectivity index (χ0v) is 19.0. The van der Waals surface area contributed by atoms with Gasteiger partial charge in [-0.05, 0) is 17.7 Å². The third-order valence-corrected chi connectivity index (χ3v) is 5.32. The van der Waals surface area contributed by atoms with Crippen LogP contribution < -0.4 is 20.3 Å². The molecule has 35 heavy (non-hydrogen) atoms. The number of hydrogen-bond donors (Lipinski definition) is 1. The number of rotatable bonds is 9. The van der Waals surface area contributed by atoms with E-state index in [1.54, 1.807) is 30.3 Å². The number of nitrogens with one attached hydrogen (secondary N) is 1. The summed E-state index contributed by atoms with van der Waals surface area (Å²) in [6.07, 6.45) is 2.80. The highest BCUT2D eigenvalue weighted by Gasteiger charge is 2.13. The minimum Gasteiger partial charge on any atom is -0.497 e. The molecule has 0 unspecified atom stereocenters. The number of carbonyl (C=O) groups excluding carboxylic acids is 1. The van der Waals surface area contributed by atoms with Gasteiger partial charge in [-0.15, -0.1) is 0 Å². The molecule has 2 aromatic carbocycles. The molecule has 0 spiro atoms. The number of ether oxygens (including phenoxy) is 2. The lowest BCUT2D eigenvalue weighted by Gasteiger charge is -2.10. The van der Waals surface area contributed by atoms with Crippen molar-refractivity contribution in [1.29, 1.82) is 0 Å². The molecule has 1 N–H and O–H groups in total. The quantitative estimate of drug-likeness (QED) is 0.284. The Balaban J connectivity index is 1.45. The number of methoxy groups -OCH3 is 2. The Morgan fingerprint density at radius 2 is 1.89 bits per heavy atom. The van der Waals surface area contributed by atoms with Gasteiger partial charge < -0.3 is 14.8 Å². The highest BCUT2D eigenvalue weighted by molar-refractivity contribution is 5.95. The van der Waals surface area contributed by atoms with Gasteiger partial charge in [-0.2, -0.15) is 5.10 Å².